The van der Waals surface area contributed by atoms with Crippen molar-refractivity contribution in [2.75, 3.05) is 11.5 Å². The molecular formula is C20H17NO3S. The summed E-state index contributed by atoms with van der Waals surface area (Å²) in [6.45, 7) is 2.47. The maximum atomic E-state index is 12.5. The van der Waals surface area contributed by atoms with Crippen LogP contribution in [0.1, 0.15) is 12.5 Å². The molecule has 25 heavy (non-hydrogen) atoms. The van der Waals surface area contributed by atoms with Gasteiger partial charge < -0.3 is 4.74 Å². The van der Waals surface area contributed by atoms with E-state index in [1.165, 1.54) is 4.90 Å². The Labute approximate surface area is 150 Å². The Hall–Kier alpha value is -2.79. The fourth-order valence-corrected chi connectivity index (χ4v) is 3.17. The predicted octanol–water partition coefficient (Wildman–Crippen LogP) is 4.88. The first-order chi connectivity index (χ1) is 12.2. The molecule has 0 radical (unpaired) electrons. The highest BCUT2D eigenvalue weighted by Gasteiger charge is 2.35. The molecule has 1 fully saturated rings. The van der Waals surface area contributed by atoms with Crippen molar-refractivity contribution in [3.05, 3.63) is 77.2 Å². The standard InChI is InChI=1S/C20H17NO3S/c1-2-24-17-13-11-16(12-14-17)21-19(22)18(25-20(21)23)10-6-9-15-7-4-3-5-8-15/h3-14H,2H2,1H3. The summed E-state index contributed by atoms with van der Waals surface area (Å²) in [5.41, 5.74) is 1.57. The number of imide groups is 1. The monoisotopic (exact) mass is 351 g/mol. The number of rotatable bonds is 5. The molecule has 2 amide bonds. The number of benzene rings is 2. The van der Waals surface area contributed by atoms with Gasteiger partial charge in [0.05, 0.1) is 17.2 Å². The molecule has 1 aliphatic heterocycles. The van der Waals surface area contributed by atoms with Gasteiger partial charge in [-0.15, -0.1) is 0 Å². The van der Waals surface area contributed by atoms with Gasteiger partial charge in [-0.05, 0) is 54.6 Å². The van der Waals surface area contributed by atoms with Crippen molar-refractivity contribution in [2.24, 2.45) is 0 Å². The van der Waals surface area contributed by atoms with Gasteiger partial charge in [0.15, 0.2) is 0 Å². The van der Waals surface area contributed by atoms with Crippen molar-refractivity contribution in [3.8, 4) is 5.75 Å². The first-order valence-electron chi connectivity index (χ1n) is 7.91. The molecule has 0 saturated carbocycles. The van der Waals surface area contributed by atoms with Gasteiger partial charge in [0.1, 0.15) is 5.75 Å². The van der Waals surface area contributed by atoms with Gasteiger partial charge in [0.2, 0.25) is 0 Å². The Morgan fingerprint density at radius 1 is 1.04 bits per heavy atom. The van der Waals surface area contributed by atoms with E-state index < -0.39 is 0 Å². The summed E-state index contributed by atoms with van der Waals surface area (Å²) >= 11 is 0.942. The highest BCUT2D eigenvalue weighted by atomic mass is 32.2. The van der Waals surface area contributed by atoms with Crippen molar-refractivity contribution >= 4 is 34.7 Å². The van der Waals surface area contributed by atoms with E-state index in [1.807, 2.05) is 43.3 Å². The lowest BCUT2D eigenvalue weighted by Crippen LogP contribution is -2.27. The quantitative estimate of drug-likeness (QED) is 0.720. The zero-order valence-electron chi connectivity index (χ0n) is 13.7. The number of ether oxygens (including phenoxy) is 1. The largest absolute Gasteiger partial charge is 0.494 e. The summed E-state index contributed by atoms with van der Waals surface area (Å²) in [6.07, 6.45) is 5.35. The molecule has 0 N–H and O–H groups in total. The molecule has 1 aliphatic rings. The third-order valence-electron chi connectivity index (χ3n) is 3.54. The second-order valence-electron chi connectivity index (χ2n) is 5.24. The van der Waals surface area contributed by atoms with Crippen molar-refractivity contribution in [1.82, 2.24) is 0 Å². The van der Waals surface area contributed by atoms with Crippen LogP contribution in [0.5, 0.6) is 5.75 Å². The van der Waals surface area contributed by atoms with Crippen LogP contribution in [0.3, 0.4) is 0 Å². The maximum Gasteiger partial charge on any atom is 0.298 e. The number of thioether (sulfide) groups is 1. The Kier molecular flexibility index (Phi) is 5.36. The zero-order chi connectivity index (χ0) is 17.6. The SMILES string of the molecule is CCOc1ccc(N2C(=O)SC(=CC=Cc3ccccc3)C2=O)cc1. The fraction of sp³-hybridized carbons (Fsp3) is 0.100. The van der Waals surface area contributed by atoms with Crippen LogP contribution in [0, 0.1) is 0 Å². The predicted molar refractivity (Wildman–Crippen MR) is 102 cm³/mol. The van der Waals surface area contributed by atoms with Gasteiger partial charge >= 0.3 is 0 Å². The number of amides is 2. The Morgan fingerprint density at radius 3 is 2.44 bits per heavy atom. The minimum atomic E-state index is -0.308. The van der Waals surface area contributed by atoms with Crippen LogP contribution < -0.4 is 9.64 Å². The second-order valence-corrected chi connectivity index (χ2v) is 6.23. The summed E-state index contributed by atoms with van der Waals surface area (Å²) in [5, 5.41) is -0.298. The average molecular weight is 351 g/mol. The second kappa shape index (κ2) is 7.85. The van der Waals surface area contributed by atoms with Crippen LogP contribution >= 0.6 is 11.8 Å². The molecule has 4 nitrogen and oxygen atoms in total. The van der Waals surface area contributed by atoms with Gasteiger partial charge in [-0.2, -0.15) is 0 Å². The smallest absolute Gasteiger partial charge is 0.298 e. The van der Waals surface area contributed by atoms with Gasteiger partial charge in [-0.1, -0.05) is 42.5 Å². The molecule has 0 aliphatic carbocycles. The van der Waals surface area contributed by atoms with Crippen molar-refractivity contribution in [2.45, 2.75) is 6.92 Å². The first-order valence-corrected chi connectivity index (χ1v) is 8.73. The van der Waals surface area contributed by atoms with E-state index in [4.69, 9.17) is 4.74 Å². The summed E-state index contributed by atoms with van der Waals surface area (Å²) in [7, 11) is 0. The molecule has 2 aromatic carbocycles. The van der Waals surface area contributed by atoms with Crippen molar-refractivity contribution in [1.29, 1.82) is 0 Å². The van der Waals surface area contributed by atoms with Gasteiger partial charge in [0, 0.05) is 0 Å². The Balaban J connectivity index is 1.75. The van der Waals surface area contributed by atoms with E-state index in [0.717, 1.165) is 17.3 Å². The molecule has 1 heterocycles. The summed E-state index contributed by atoms with van der Waals surface area (Å²) < 4.78 is 5.38. The highest BCUT2D eigenvalue weighted by molar-refractivity contribution is 8.18. The van der Waals surface area contributed by atoms with Crippen LogP contribution in [0.15, 0.2) is 71.7 Å². The van der Waals surface area contributed by atoms with Crippen LogP contribution in [0.2, 0.25) is 0 Å². The summed E-state index contributed by atoms with van der Waals surface area (Å²) in [5.74, 6) is 0.399. The number of carbonyl (C=O) groups is 2. The third-order valence-corrected chi connectivity index (χ3v) is 4.42. The van der Waals surface area contributed by atoms with Gasteiger partial charge in [-0.3, -0.25) is 9.59 Å². The normalized spacial score (nSPS) is 16.2. The van der Waals surface area contributed by atoms with Crippen LogP contribution in [-0.2, 0) is 4.79 Å². The molecule has 0 atom stereocenters. The molecular weight excluding hydrogens is 334 g/mol. The molecule has 1 saturated heterocycles. The molecule has 2 aromatic rings. The van der Waals surface area contributed by atoms with E-state index in [1.54, 1.807) is 36.4 Å². The van der Waals surface area contributed by atoms with E-state index in [0.29, 0.717) is 22.9 Å². The van der Waals surface area contributed by atoms with Crippen LogP contribution in [0.25, 0.3) is 6.08 Å². The number of nitrogens with zero attached hydrogens (tertiary/aromatic N) is 1. The minimum absolute atomic E-state index is 0.298. The molecule has 5 heteroatoms. The lowest BCUT2D eigenvalue weighted by molar-refractivity contribution is -0.113. The number of hydrogen-bond acceptors (Lipinski definition) is 4. The molecule has 0 unspecified atom stereocenters. The van der Waals surface area contributed by atoms with Crippen molar-refractivity contribution < 1.29 is 14.3 Å². The molecule has 0 bridgehead atoms. The summed E-state index contributed by atoms with van der Waals surface area (Å²) in [6, 6.07) is 16.7. The third kappa shape index (κ3) is 4.00. The molecule has 3 rings (SSSR count). The van der Waals surface area contributed by atoms with Crippen LogP contribution in [-0.4, -0.2) is 17.8 Å². The number of anilines is 1. The lowest BCUT2D eigenvalue weighted by Gasteiger charge is -2.13. The van der Waals surface area contributed by atoms with E-state index in [-0.39, 0.29) is 11.1 Å². The lowest BCUT2D eigenvalue weighted by atomic mass is 10.2. The molecule has 0 aromatic heterocycles. The topological polar surface area (TPSA) is 46.6 Å². The first kappa shape index (κ1) is 17.0. The van der Waals surface area contributed by atoms with E-state index in [9.17, 15) is 9.59 Å². The van der Waals surface area contributed by atoms with Crippen LogP contribution in [0.4, 0.5) is 10.5 Å². The Morgan fingerprint density at radius 2 is 1.76 bits per heavy atom. The van der Waals surface area contributed by atoms with E-state index >= 15 is 0 Å². The maximum absolute atomic E-state index is 12.5. The average Bonchev–Trinajstić information content (AvgIpc) is 2.91. The number of carbonyl (C=O) groups excluding carboxylic acids is 2. The van der Waals surface area contributed by atoms with Gasteiger partial charge in [0.25, 0.3) is 11.1 Å². The number of allylic oxidation sites excluding steroid dienone is 2. The zero-order valence-corrected chi connectivity index (χ0v) is 14.5. The Bertz CT molecular complexity index is 826. The van der Waals surface area contributed by atoms with Gasteiger partial charge in [-0.25, -0.2) is 4.90 Å². The minimum Gasteiger partial charge on any atom is -0.494 e. The van der Waals surface area contributed by atoms with E-state index in [2.05, 4.69) is 0 Å². The molecule has 0 spiro atoms. The van der Waals surface area contributed by atoms with Crippen molar-refractivity contribution in [3.63, 3.8) is 0 Å². The highest BCUT2D eigenvalue weighted by Crippen LogP contribution is 2.35. The summed E-state index contributed by atoms with van der Waals surface area (Å²) in [4.78, 5) is 26.3. The molecule has 126 valence electrons. The number of hydrogen-bond donors (Lipinski definition) is 0. The fourth-order valence-electron chi connectivity index (χ4n) is 2.37.